The summed E-state index contributed by atoms with van der Waals surface area (Å²) < 4.78 is 30.9. The molecule has 3 aromatic rings. The first-order valence-electron chi connectivity index (χ1n) is 11.9. The molecular formula is C24H27N5O6S2. The van der Waals surface area contributed by atoms with Crippen molar-refractivity contribution in [2.45, 2.75) is 42.1 Å². The maximum Gasteiger partial charge on any atom is 0.280 e. The molecule has 2 aromatic heterocycles. The van der Waals surface area contributed by atoms with Crippen molar-refractivity contribution in [2.75, 3.05) is 32.1 Å². The minimum Gasteiger partial charge on any atom is -0.472 e. The van der Waals surface area contributed by atoms with E-state index in [9.17, 15) is 18.3 Å². The molecule has 2 fully saturated rings. The van der Waals surface area contributed by atoms with E-state index in [1.807, 2.05) is 7.05 Å². The fourth-order valence-electron chi connectivity index (χ4n) is 3.74. The van der Waals surface area contributed by atoms with Gasteiger partial charge in [-0.1, -0.05) is 28.6 Å². The van der Waals surface area contributed by atoms with E-state index in [0.717, 1.165) is 13.1 Å². The predicted molar refractivity (Wildman–Crippen MR) is 139 cm³/mol. The molecule has 1 aliphatic heterocycles. The lowest BCUT2D eigenvalue weighted by molar-refractivity contribution is -0.110. The predicted octanol–water partition coefficient (Wildman–Crippen LogP) is 2.06. The summed E-state index contributed by atoms with van der Waals surface area (Å²) in [7, 11) is -1.35. The second-order valence-corrected chi connectivity index (χ2v) is 12.4. The number of carbonyl (C=O) groups is 1. The molecule has 2 aliphatic rings. The van der Waals surface area contributed by atoms with E-state index >= 15 is 0 Å². The zero-order chi connectivity index (χ0) is 26.2. The van der Waals surface area contributed by atoms with Gasteiger partial charge in [0.15, 0.2) is 20.7 Å². The van der Waals surface area contributed by atoms with Gasteiger partial charge < -0.3 is 14.7 Å². The van der Waals surface area contributed by atoms with Crippen molar-refractivity contribution in [3.05, 3.63) is 42.0 Å². The van der Waals surface area contributed by atoms with Crippen LogP contribution in [-0.4, -0.2) is 84.2 Å². The lowest BCUT2D eigenvalue weighted by atomic mass is 10.1. The number of aliphatic hydroxyl groups excluding tert-OH is 1. The molecule has 0 radical (unpaired) electrons. The third kappa shape index (κ3) is 5.74. The first kappa shape index (κ1) is 25.5. The smallest absolute Gasteiger partial charge is 0.280 e. The van der Waals surface area contributed by atoms with Gasteiger partial charge in [-0.05, 0) is 45.0 Å². The summed E-state index contributed by atoms with van der Waals surface area (Å²) in [5.41, 5.74) is 0.885. The molecule has 1 saturated heterocycles. The summed E-state index contributed by atoms with van der Waals surface area (Å²) in [4.78, 5) is 30.3. The number of nitrogens with zero attached hydrogens (tertiary/aromatic N) is 4. The van der Waals surface area contributed by atoms with E-state index < -0.39 is 21.8 Å². The van der Waals surface area contributed by atoms with E-state index in [2.05, 4.69) is 25.3 Å². The Labute approximate surface area is 218 Å². The highest BCUT2D eigenvalue weighted by atomic mass is 32.2. The summed E-state index contributed by atoms with van der Waals surface area (Å²) in [5.74, 6) is -0.0991. The van der Waals surface area contributed by atoms with Gasteiger partial charge >= 0.3 is 0 Å². The molecule has 196 valence electrons. The fraction of sp³-hybridized carbons (Fsp3) is 0.417. The van der Waals surface area contributed by atoms with Crippen molar-refractivity contribution in [3.63, 3.8) is 0 Å². The Hall–Kier alpha value is -3.13. The average molecular weight is 546 g/mol. The number of nitrogens with one attached hydrogen (secondary N) is 1. The monoisotopic (exact) mass is 545 g/mol. The number of carbonyl (C=O) groups excluding carboxylic acids is 1. The second kappa shape index (κ2) is 10.3. The van der Waals surface area contributed by atoms with E-state index in [1.165, 1.54) is 35.6 Å². The van der Waals surface area contributed by atoms with Gasteiger partial charge in [-0.2, -0.15) is 0 Å². The van der Waals surface area contributed by atoms with Crippen molar-refractivity contribution in [1.29, 1.82) is 0 Å². The summed E-state index contributed by atoms with van der Waals surface area (Å²) in [6.07, 6.45) is 0.786. The molecular weight excluding hydrogens is 518 g/mol. The van der Waals surface area contributed by atoms with Crippen molar-refractivity contribution >= 4 is 48.3 Å². The standard InChI is InChI=1S/C24H27N5O6S2/c1-14(13-30)35-28-21(15-3-5-17(6-4-15)37(32,33)18-7-8-18)22(31)27-24-25-19-9-10-20(26-23(19)36-24)34-16-11-29(2)12-16/h3-6,9-10,14,16,18,30H,7-8,11-13H2,1-2H3,(H,25,27,31)/b28-21+/t14-/m1/s1. The number of benzene rings is 1. The molecule has 1 amide bonds. The fourth-order valence-corrected chi connectivity index (χ4v) is 6.22. The van der Waals surface area contributed by atoms with Crippen LogP contribution in [-0.2, 0) is 19.5 Å². The molecule has 1 atom stereocenters. The first-order chi connectivity index (χ1) is 17.7. The molecule has 1 aliphatic carbocycles. The largest absolute Gasteiger partial charge is 0.472 e. The summed E-state index contributed by atoms with van der Waals surface area (Å²) in [5, 5.41) is 15.9. The third-order valence-corrected chi connectivity index (χ3v) is 9.14. The highest BCUT2D eigenvalue weighted by molar-refractivity contribution is 7.92. The van der Waals surface area contributed by atoms with Crippen molar-refractivity contribution in [1.82, 2.24) is 14.9 Å². The maximum absolute atomic E-state index is 13.2. The van der Waals surface area contributed by atoms with Crippen LogP contribution in [0.25, 0.3) is 10.3 Å². The zero-order valence-corrected chi connectivity index (χ0v) is 22.0. The summed E-state index contributed by atoms with van der Waals surface area (Å²) >= 11 is 1.19. The van der Waals surface area contributed by atoms with E-state index in [4.69, 9.17) is 9.57 Å². The SMILES string of the molecule is C[C@H](CO)O/N=C(/C(=O)Nc1nc2ccc(OC3CN(C)C3)nc2s1)c1ccc(S(=O)(=O)C2CC2)cc1. The topological polar surface area (TPSA) is 143 Å². The number of rotatable bonds is 10. The van der Waals surface area contributed by atoms with Gasteiger partial charge in [0.05, 0.1) is 16.8 Å². The van der Waals surface area contributed by atoms with Gasteiger partial charge in [-0.3, -0.25) is 15.0 Å². The summed E-state index contributed by atoms with van der Waals surface area (Å²) in [6.45, 7) is 3.00. The number of ether oxygens (including phenoxy) is 1. The number of aromatic nitrogens is 2. The number of likely N-dealkylation sites (tertiary alicyclic amines) is 1. The summed E-state index contributed by atoms with van der Waals surface area (Å²) in [6, 6.07) is 9.49. The van der Waals surface area contributed by atoms with Crippen molar-refractivity contribution in [2.24, 2.45) is 5.16 Å². The Bertz CT molecular complexity index is 1430. The molecule has 2 N–H and O–H groups in total. The number of fused-ring (bicyclic) bond motifs is 1. The van der Waals surface area contributed by atoms with Gasteiger partial charge in [0.2, 0.25) is 5.88 Å². The van der Waals surface area contributed by atoms with E-state index in [-0.39, 0.29) is 28.6 Å². The van der Waals surface area contributed by atoms with Crippen LogP contribution in [0.2, 0.25) is 0 Å². The zero-order valence-electron chi connectivity index (χ0n) is 20.3. The minimum absolute atomic E-state index is 0.0824. The Morgan fingerprint density at radius 1 is 1.22 bits per heavy atom. The first-order valence-corrected chi connectivity index (χ1v) is 14.2. The highest BCUT2D eigenvalue weighted by Crippen LogP contribution is 2.33. The number of oxime groups is 1. The molecule has 0 unspecified atom stereocenters. The van der Waals surface area contributed by atoms with Crippen LogP contribution < -0.4 is 10.1 Å². The Morgan fingerprint density at radius 2 is 1.95 bits per heavy atom. The Kier molecular flexibility index (Phi) is 7.12. The van der Waals surface area contributed by atoms with E-state index in [0.29, 0.717) is 39.8 Å². The molecule has 13 heteroatoms. The highest BCUT2D eigenvalue weighted by Gasteiger charge is 2.36. The maximum atomic E-state index is 13.2. The van der Waals surface area contributed by atoms with Crippen molar-refractivity contribution < 1.29 is 27.9 Å². The number of likely N-dealkylation sites (N-methyl/N-ethyl adjacent to an activating group) is 1. The molecule has 1 aromatic carbocycles. The Balaban J connectivity index is 1.35. The number of amides is 1. The van der Waals surface area contributed by atoms with Crippen LogP contribution in [0.1, 0.15) is 25.3 Å². The third-order valence-electron chi connectivity index (χ3n) is 5.98. The molecule has 0 bridgehead atoms. The van der Waals surface area contributed by atoms with Gasteiger partial charge in [0.1, 0.15) is 22.6 Å². The Morgan fingerprint density at radius 3 is 2.59 bits per heavy atom. The number of hydrogen-bond acceptors (Lipinski definition) is 11. The molecule has 37 heavy (non-hydrogen) atoms. The number of pyridine rings is 1. The number of thiazole rings is 1. The van der Waals surface area contributed by atoms with Crippen LogP contribution in [0.3, 0.4) is 0 Å². The van der Waals surface area contributed by atoms with Crippen LogP contribution >= 0.6 is 11.3 Å². The average Bonchev–Trinajstić information content (AvgIpc) is 3.65. The normalized spacial score (nSPS) is 17.9. The number of sulfone groups is 1. The molecule has 3 heterocycles. The molecule has 11 nitrogen and oxygen atoms in total. The van der Waals surface area contributed by atoms with Crippen LogP contribution in [0.15, 0.2) is 46.4 Å². The number of hydrogen-bond donors (Lipinski definition) is 2. The number of anilines is 1. The lowest BCUT2D eigenvalue weighted by Gasteiger charge is -2.35. The number of aliphatic hydroxyl groups is 1. The van der Waals surface area contributed by atoms with E-state index in [1.54, 1.807) is 19.1 Å². The second-order valence-electron chi connectivity index (χ2n) is 9.22. The van der Waals surface area contributed by atoms with Gasteiger partial charge in [-0.15, -0.1) is 0 Å². The lowest BCUT2D eigenvalue weighted by Crippen LogP contribution is -2.51. The molecule has 1 saturated carbocycles. The van der Waals surface area contributed by atoms with Crippen LogP contribution in [0.4, 0.5) is 5.13 Å². The molecule has 5 rings (SSSR count). The van der Waals surface area contributed by atoms with Gasteiger partial charge in [0, 0.05) is 24.7 Å². The van der Waals surface area contributed by atoms with Crippen LogP contribution in [0.5, 0.6) is 5.88 Å². The minimum atomic E-state index is -3.37. The van der Waals surface area contributed by atoms with Crippen molar-refractivity contribution in [3.8, 4) is 5.88 Å². The van der Waals surface area contributed by atoms with Gasteiger partial charge in [0.25, 0.3) is 5.91 Å². The quantitative estimate of drug-likeness (QED) is 0.289. The van der Waals surface area contributed by atoms with Crippen LogP contribution in [0, 0.1) is 0 Å². The van der Waals surface area contributed by atoms with Gasteiger partial charge in [-0.25, -0.2) is 18.4 Å². The molecule has 0 spiro atoms.